The average molecular weight is 279 g/mol. The lowest BCUT2D eigenvalue weighted by Gasteiger charge is -2.24. The fraction of sp³-hybridized carbons (Fsp3) is 0.867. The molecule has 5 nitrogen and oxygen atoms in total. The zero-order valence-corrected chi connectivity index (χ0v) is 12.5. The molecule has 0 aromatic carbocycles. The number of urea groups is 1. The Morgan fingerprint density at radius 3 is 2.60 bits per heavy atom. The van der Waals surface area contributed by atoms with E-state index in [1.807, 2.05) is 13.8 Å². The van der Waals surface area contributed by atoms with Gasteiger partial charge in [0, 0.05) is 25.7 Å². The second kappa shape index (κ2) is 5.02. The molecule has 1 N–H and O–H groups in total. The van der Waals surface area contributed by atoms with Crippen LogP contribution in [0.15, 0.2) is 0 Å². The van der Waals surface area contributed by atoms with Gasteiger partial charge in [0.1, 0.15) is 5.54 Å². The van der Waals surface area contributed by atoms with Crippen molar-refractivity contribution in [2.45, 2.75) is 57.5 Å². The van der Waals surface area contributed by atoms with Gasteiger partial charge in [-0.1, -0.05) is 12.8 Å². The molecule has 2 heterocycles. The van der Waals surface area contributed by atoms with Gasteiger partial charge in [0.25, 0.3) is 5.91 Å². The number of hydrogen-bond acceptors (Lipinski definition) is 3. The van der Waals surface area contributed by atoms with Crippen LogP contribution >= 0.6 is 0 Å². The molecule has 3 fully saturated rings. The molecule has 0 bridgehead atoms. The summed E-state index contributed by atoms with van der Waals surface area (Å²) in [7, 11) is 0. The molecule has 1 atom stereocenters. The number of amides is 3. The predicted molar refractivity (Wildman–Crippen MR) is 76.3 cm³/mol. The van der Waals surface area contributed by atoms with E-state index in [-0.39, 0.29) is 18.0 Å². The summed E-state index contributed by atoms with van der Waals surface area (Å²) >= 11 is 0. The number of nitrogens with zero attached hydrogens (tertiary/aromatic N) is 2. The highest BCUT2D eigenvalue weighted by Gasteiger charge is 2.55. The van der Waals surface area contributed by atoms with E-state index < -0.39 is 5.54 Å². The highest BCUT2D eigenvalue weighted by Crippen LogP contribution is 2.32. The first-order valence-electron chi connectivity index (χ1n) is 7.90. The first-order chi connectivity index (χ1) is 9.52. The molecule has 5 heteroatoms. The van der Waals surface area contributed by atoms with Gasteiger partial charge in [-0.3, -0.25) is 9.69 Å². The van der Waals surface area contributed by atoms with Gasteiger partial charge in [-0.05, 0) is 39.0 Å². The molecule has 0 radical (unpaired) electrons. The Morgan fingerprint density at radius 2 is 2.00 bits per heavy atom. The molecular weight excluding hydrogens is 254 g/mol. The summed E-state index contributed by atoms with van der Waals surface area (Å²) in [5.41, 5.74) is -0.639. The van der Waals surface area contributed by atoms with Gasteiger partial charge in [-0.25, -0.2) is 4.79 Å². The second-order valence-electron chi connectivity index (χ2n) is 6.92. The summed E-state index contributed by atoms with van der Waals surface area (Å²) in [5, 5.41) is 2.96. The third kappa shape index (κ3) is 2.22. The van der Waals surface area contributed by atoms with Crippen LogP contribution in [-0.2, 0) is 4.79 Å². The van der Waals surface area contributed by atoms with E-state index in [1.54, 1.807) is 0 Å². The molecule has 0 unspecified atom stereocenters. The lowest BCUT2D eigenvalue weighted by atomic mass is 9.98. The Labute approximate surface area is 120 Å². The Hall–Kier alpha value is -1.10. The molecule has 112 valence electrons. The van der Waals surface area contributed by atoms with Crippen LogP contribution in [0.25, 0.3) is 0 Å². The number of rotatable bonds is 3. The SMILES string of the molecule is CC(C)N1C(=O)N[C@]2(CCN(CC3CCCC3)C2)C1=O. The molecule has 1 aliphatic carbocycles. The van der Waals surface area contributed by atoms with Crippen LogP contribution < -0.4 is 5.32 Å². The van der Waals surface area contributed by atoms with E-state index in [1.165, 1.54) is 30.6 Å². The minimum atomic E-state index is -0.639. The van der Waals surface area contributed by atoms with Crippen molar-refractivity contribution in [1.29, 1.82) is 0 Å². The van der Waals surface area contributed by atoms with Crippen molar-refractivity contribution in [2.24, 2.45) is 5.92 Å². The summed E-state index contributed by atoms with van der Waals surface area (Å²) < 4.78 is 0. The standard InChI is InChI=1S/C15H25N3O2/c1-11(2)18-13(19)15(16-14(18)20)7-8-17(10-15)9-12-5-3-4-6-12/h11-12H,3-10H2,1-2H3,(H,16,20)/t15-/m0/s1. The molecular formula is C15H25N3O2. The highest BCUT2D eigenvalue weighted by molar-refractivity contribution is 6.07. The minimum absolute atomic E-state index is 0.0218. The minimum Gasteiger partial charge on any atom is -0.322 e. The lowest BCUT2D eigenvalue weighted by Crippen LogP contribution is -2.50. The number of hydrogen-bond donors (Lipinski definition) is 1. The molecule has 0 aromatic heterocycles. The van der Waals surface area contributed by atoms with Crippen LogP contribution in [0.4, 0.5) is 4.79 Å². The van der Waals surface area contributed by atoms with E-state index in [4.69, 9.17) is 0 Å². The first kappa shape index (κ1) is 13.9. The largest absolute Gasteiger partial charge is 0.325 e. The Kier molecular flexibility index (Phi) is 3.48. The maximum absolute atomic E-state index is 12.6. The van der Waals surface area contributed by atoms with Crippen molar-refractivity contribution >= 4 is 11.9 Å². The Balaban J connectivity index is 1.66. The fourth-order valence-corrected chi connectivity index (χ4v) is 3.99. The van der Waals surface area contributed by atoms with Gasteiger partial charge in [0.15, 0.2) is 0 Å². The van der Waals surface area contributed by atoms with Crippen LogP contribution in [-0.4, -0.2) is 53.0 Å². The van der Waals surface area contributed by atoms with Gasteiger partial charge < -0.3 is 10.2 Å². The summed E-state index contributed by atoms with van der Waals surface area (Å²) in [5.74, 6) is 0.769. The predicted octanol–water partition coefficient (Wildman–Crippen LogP) is 1.58. The summed E-state index contributed by atoms with van der Waals surface area (Å²) in [6.07, 6.45) is 6.10. The summed E-state index contributed by atoms with van der Waals surface area (Å²) in [6, 6.07) is -0.279. The van der Waals surface area contributed by atoms with Crippen LogP contribution in [0.3, 0.4) is 0 Å². The molecule has 3 aliphatic rings. The molecule has 3 rings (SSSR count). The average Bonchev–Trinajstić information content (AvgIpc) is 3.04. The van der Waals surface area contributed by atoms with Crippen molar-refractivity contribution in [3.63, 3.8) is 0 Å². The van der Waals surface area contributed by atoms with Gasteiger partial charge in [-0.15, -0.1) is 0 Å². The Bertz CT molecular complexity index is 417. The highest BCUT2D eigenvalue weighted by atomic mass is 16.2. The van der Waals surface area contributed by atoms with E-state index in [0.29, 0.717) is 6.54 Å². The molecule has 1 spiro atoms. The van der Waals surface area contributed by atoms with Gasteiger partial charge in [0.2, 0.25) is 0 Å². The van der Waals surface area contributed by atoms with Crippen LogP contribution in [0.2, 0.25) is 0 Å². The number of imide groups is 1. The van der Waals surface area contributed by atoms with E-state index >= 15 is 0 Å². The van der Waals surface area contributed by atoms with E-state index in [9.17, 15) is 9.59 Å². The smallest absolute Gasteiger partial charge is 0.322 e. The fourth-order valence-electron chi connectivity index (χ4n) is 3.99. The normalized spacial score (nSPS) is 32.0. The van der Waals surface area contributed by atoms with Crippen molar-refractivity contribution in [3.8, 4) is 0 Å². The van der Waals surface area contributed by atoms with Crippen molar-refractivity contribution in [2.75, 3.05) is 19.6 Å². The van der Waals surface area contributed by atoms with E-state index in [0.717, 1.165) is 25.4 Å². The Morgan fingerprint density at radius 1 is 1.30 bits per heavy atom. The van der Waals surface area contributed by atoms with Gasteiger partial charge in [-0.2, -0.15) is 0 Å². The molecule has 1 saturated carbocycles. The lowest BCUT2D eigenvalue weighted by molar-refractivity contribution is -0.132. The van der Waals surface area contributed by atoms with Crippen molar-refractivity contribution in [3.05, 3.63) is 0 Å². The molecule has 2 saturated heterocycles. The topological polar surface area (TPSA) is 52.7 Å². The molecule has 2 aliphatic heterocycles. The first-order valence-corrected chi connectivity index (χ1v) is 7.90. The maximum Gasteiger partial charge on any atom is 0.325 e. The van der Waals surface area contributed by atoms with E-state index in [2.05, 4.69) is 10.2 Å². The van der Waals surface area contributed by atoms with Crippen LogP contribution in [0.1, 0.15) is 46.0 Å². The second-order valence-corrected chi connectivity index (χ2v) is 6.92. The molecule has 20 heavy (non-hydrogen) atoms. The zero-order valence-electron chi connectivity index (χ0n) is 12.5. The molecule has 0 aromatic rings. The summed E-state index contributed by atoms with van der Waals surface area (Å²) in [4.78, 5) is 28.4. The monoisotopic (exact) mass is 279 g/mol. The van der Waals surface area contributed by atoms with Crippen LogP contribution in [0, 0.1) is 5.92 Å². The number of carbonyl (C=O) groups excluding carboxylic acids is 2. The van der Waals surface area contributed by atoms with Crippen molar-refractivity contribution in [1.82, 2.24) is 15.1 Å². The quantitative estimate of drug-likeness (QED) is 0.798. The third-order valence-electron chi connectivity index (χ3n) is 5.05. The summed E-state index contributed by atoms with van der Waals surface area (Å²) in [6.45, 7) is 6.49. The number of carbonyl (C=O) groups is 2. The zero-order chi connectivity index (χ0) is 14.3. The van der Waals surface area contributed by atoms with Crippen molar-refractivity contribution < 1.29 is 9.59 Å². The number of nitrogens with one attached hydrogen (secondary N) is 1. The third-order valence-corrected chi connectivity index (χ3v) is 5.05. The van der Waals surface area contributed by atoms with Gasteiger partial charge in [0.05, 0.1) is 0 Å². The maximum atomic E-state index is 12.6. The van der Waals surface area contributed by atoms with Gasteiger partial charge >= 0.3 is 6.03 Å². The number of likely N-dealkylation sites (tertiary alicyclic amines) is 1. The van der Waals surface area contributed by atoms with Crippen LogP contribution in [0.5, 0.6) is 0 Å². The molecule has 3 amide bonds.